The van der Waals surface area contributed by atoms with E-state index >= 15 is 0 Å². The van der Waals surface area contributed by atoms with Crippen LogP contribution >= 0.6 is 0 Å². The fourth-order valence-corrected chi connectivity index (χ4v) is 6.08. The van der Waals surface area contributed by atoms with Gasteiger partial charge in [-0.15, -0.1) is 6.58 Å². The first-order valence-corrected chi connectivity index (χ1v) is 14.1. The van der Waals surface area contributed by atoms with Gasteiger partial charge in [0.05, 0.1) is 6.67 Å². The van der Waals surface area contributed by atoms with Gasteiger partial charge in [-0.1, -0.05) is 96.4 Å². The molecule has 0 bridgehead atoms. The summed E-state index contributed by atoms with van der Waals surface area (Å²) in [6.45, 7) is 23.9. The maximum Gasteiger partial charge on any atom is 0.0927 e. The summed E-state index contributed by atoms with van der Waals surface area (Å²) in [5, 5.41) is 0. The Labute approximate surface area is 212 Å². The number of rotatable bonds is 17. The van der Waals surface area contributed by atoms with Crippen LogP contribution in [-0.2, 0) is 0 Å². The quantitative estimate of drug-likeness (QED) is 0.146. The molecule has 0 amide bonds. The lowest BCUT2D eigenvalue weighted by Crippen LogP contribution is -2.38. The molecule has 0 heterocycles. The summed E-state index contributed by atoms with van der Waals surface area (Å²) < 4.78 is 14.3. The second kappa shape index (κ2) is 16.3. The van der Waals surface area contributed by atoms with Crippen LogP contribution in [0.2, 0.25) is 0 Å². The summed E-state index contributed by atoms with van der Waals surface area (Å²) in [6, 6.07) is 0. The van der Waals surface area contributed by atoms with Crippen LogP contribution in [0.4, 0.5) is 4.39 Å². The largest absolute Gasteiger partial charge is 0.251 e. The normalized spacial score (nSPS) is 23.5. The topological polar surface area (TPSA) is 0 Å². The van der Waals surface area contributed by atoms with Crippen LogP contribution in [0.1, 0.15) is 99.8 Å². The van der Waals surface area contributed by atoms with E-state index in [1.807, 2.05) is 0 Å². The highest BCUT2D eigenvalue weighted by atomic mass is 19.1. The fourth-order valence-electron chi connectivity index (χ4n) is 6.08. The van der Waals surface area contributed by atoms with Crippen LogP contribution in [0.5, 0.6) is 0 Å². The smallest absolute Gasteiger partial charge is 0.0927 e. The molecule has 0 aromatic heterocycles. The van der Waals surface area contributed by atoms with Crippen molar-refractivity contribution in [3.05, 3.63) is 60.3 Å². The van der Waals surface area contributed by atoms with Crippen LogP contribution in [0.15, 0.2) is 60.3 Å². The Morgan fingerprint density at radius 3 is 2.21 bits per heavy atom. The van der Waals surface area contributed by atoms with E-state index in [0.717, 1.165) is 55.9 Å². The van der Waals surface area contributed by atoms with Crippen molar-refractivity contribution >= 4 is 0 Å². The van der Waals surface area contributed by atoms with E-state index in [4.69, 9.17) is 0 Å². The number of hydrogen-bond donors (Lipinski definition) is 0. The van der Waals surface area contributed by atoms with Gasteiger partial charge >= 0.3 is 0 Å². The molecule has 1 fully saturated rings. The molecule has 1 saturated carbocycles. The standard InChI is InChI=1S/C33H55F/c1-10-14-29(21-27(9)33(23-34)31(13-4)32-19-17-26(32)8)18-16-25(7)30(15-11-2)22-28(12-3)20-24(5)6/h11,15-16,18,22,26-29,31-33H,5,7,10,12-14,17,19-21,23H2,1-4,6,8-9H3/b15-11-,18-16-,30-22+/t26?,27?,28?,29-,31-,32-,33+/m1/s1. The van der Waals surface area contributed by atoms with Crippen LogP contribution in [0.25, 0.3) is 0 Å². The third-order valence-corrected chi connectivity index (χ3v) is 8.34. The van der Waals surface area contributed by atoms with Gasteiger partial charge in [-0.25, -0.2) is 0 Å². The van der Waals surface area contributed by atoms with E-state index in [0.29, 0.717) is 23.7 Å². The molecule has 0 spiro atoms. The minimum atomic E-state index is -0.173. The maximum absolute atomic E-state index is 14.3. The van der Waals surface area contributed by atoms with Crippen molar-refractivity contribution in [1.82, 2.24) is 0 Å². The van der Waals surface area contributed by atoms with Crippen molar-refractivity contribution in [3.63, 3.8) is 0 Å². The average Bonchev–Trinajstić information content (AvgIpc) is 2.79. The Balaban J connectivity index is 2.96. The minimum Gasteiger partial charge on any atom is -0.251 e. The molecule has 0 radical (unpaired) electrons. The summed E-state index contributed by atoms with van der Waals surface area (Å²) in [4.78, 5) is 0. The van der Waals surface area contributed by atoms with E-state index in [2.05, 4.69) is 92.0 Å². The monoisotopic (exact) mass is 470 g/mol. The first-order chi connectivity index (χ1) is 16.2. The van der Waals surface area contributed by atoms with Crippen molar-refractivity contribution < 1.29 is 4.39 Å². The second-order valence-electron chi connectivity index (χ2n) is 11.2. The zero-order valence-corrected chi connectivity index (χ0v) is 23.6. The molecule has 7 atom stereocenters. The molecule has 0 aliphatic heterocycles. The van der Waals surface area contributed by atoms with Crippen molar-refractivity contribution in [1.29, 1.82) is 0 Å². The lowest BCUT2D eigenvalue weighted by atomic mass is 9.61. The average molecular weight is 471 g/mol. The Morgan fingerprint density at radius 2 is 1.76 bits per heavy atom. The summed E-state index contributed by atoms with van der Waals surface area (Å²) in [5.41, 5.74) is 3.51. The van der Waals surface area contributed by atoms with Gasteiger partial charge in [0, 0.05) is 0 Å². The Bertz CT molecular complexity index is 693. The molecule has 1 heteroatoms. The number of halogens is 1. The van der Waals surface area contributed by atoms with Gasteiger partial charge in [0.15, 0.2) is 0 Å². The summed E-state index contributed by atoms with van der Waals surface area (Å²) >= 11 is 0. The SMILES string of the molecule is C=C(C)CC(/C=C(\C=C/C)C(=C)/C=C\[C@@H](CCC)CC(C)[C@H](CF)[C@H](CC)[C@@H]1CCC1C)CC. The molecular weight excluding hydrogens is 415 g/mol. The molecule has 0 aromatic carbocycles. The summed E-state index contributed by atoms with van der Waals surface area (Å²) in [5.74, 6) is 3.61. The molecule has 0 saturated heterocycles. The van der Waals surface area contributed by atoms with Gasteiger partial charge < -0.3 is 0 Å². The molecule has 1 aliphatic rings. The zero-order chi connectivity index (χ0) is 25.7. The number of allylic oxidation sites excluding steroid dienone is 8. The highest BCUT2D eigenvalue weighted by Gasteiger charge is 2.39. The lowest BCUT2D eigenvalue weighted by Gasteiger charge is -2.44. The Kier molecular flexibility index (Phi) is 14.7. The molecule has 0 aromatic rings. The van der Waals surface area contributed by atoms with Gasteiger partial charge in [-0.05, 0) is 98.5 Å². The number of hydrogen-bond acceptors (Lipinski definition) is 0. The van der Waals surface area contributed by atoms with Crippen LogP contribution in [0.3, 0.4) is 0 Å². The Morgan fingerprint density at radius 1 is 1.06 bits per heavy atom. The molecule has 0 N–H and O–H groups in total. The minimum absolute atomic E-state index is 0.173. The van der Waals surface area contributed by atoms with E-state index in [-0.39, 0.29) is 12.6 Å². The lowest BCUT2D eigenvalue weighted by molar-refractivity contribution is 0.0373. The molecule has 34 heavy (non-hydrogen) atoms. The molecule has 1 rings (SSSR count). The van der Waals surface area contributed by atoms with E-state index < -0.39 is 0 Å². The highest BCUT2D eigenvalue weighted by molar-refractivity contribution is 5.45. The Hall–Kier alpha value is -1.37. The molecule has 3 unspecified atom stereocenters. The van der Waals surface area contributed by atoms with Crippen molar-refractivity contribution in [2.75, 3.05) is 6.67 Å². The first kappa shape index (κ1) is 30.7. The van der Waals surface area contributed by atoms with Crippen LogP contribution in [0, 0.1) is 41.4 Å². The second-order valence-corrected chi connectivity index (χ2v) is 11.2. The fraction of sp³-hybridized carbons (Fsp3) is 0.697. The molecular formula is C33H55F. The van der Waals surface area contributed by atoms with Gasteiger partial charge in [0.25, 0.3) is 0 Å². The first-order valence-electron chi connectivity index (χ1n) is 14.1. The van der Waals surface area contributed by atoms with E-state index in [1.54, 1.807) is 0 Å². The predicted octanol–water partition coefficient (Wildman–Crippen LogP) is 10.7. The highest BCUT2D eigenvalue weighted by Crippen LogP contribution is 2.46. The van der Waals surface area contributed by atoms with Crippen molar-refractivity contribution in [2.45, 2.75) is 99.8 Å². The summed E-state index contributed by atoms with van der Waals surface area (Å²) in [6.07, 6.45) is 20.5. The summed E-state index contributed by atoms with van der Waals surface area (Å²) in [7, 11) is 0. The van der Waals surface area contributed by atoms with E-state index in [1.165, 1.54) is 24.0 Å². The molecule has 1 aliphatic carbocycles. The van der Waals surface area contributed by atoms with E-state index in [9.17, 15) is 4.39 Å². The predicted molar refractivity (Wildman–Crippen MR) is 152 cm³/mol. The van der Waals surface area contributed by atoms with Gasteiger partial charge in [0.2, 0.25) is 0 Å². The van der Waals surface area contributed by atoms with Crippen LogP contribution < -0.4 is 0 Å². The van der Waals surface area contributed by atoms with Gasteiger partial charge in [-0.3, -0.25) is 4.39 Å². The maximum atomic E-state index is 14.3. The molecule has 0 nitrogen and oxygen atoms in total. The third-order valence-electron chi connectivity index (χ3n) is 8.34. The third kappa shape index (κ3) is 9.71. The van der Waals surface area contributed by atoms with Crippen molar-refractivity contribution in [2.24, 2.45) is 41.4 Å². The van der Waals surface area contributed by atoms with Gasteiger partial charge in [0.1, 0.15) is 0 Å². The van der Waals surface area contributed by atoms with Crippen molar-refractivity contribution in [3.8, 4) is 0 Å². The number of alkyl halides is 1. The van der Waals surface area contributed by atoms with Crippen LogP contribution in [-0.4, -0.2) is 6.67 Å². The molecule has 194 valence electrons. The zero-order valence-electron chi connectivity index (χ0n) is 23.6. The van der Waals surface area contributed by atoms with Gasteiger partial charge in [-0.2, -0.15) is 0 Å².